The number of likely N-dealkylation sites (tertiary alicyclic amines) is 1. The molecular formula is C21H34FIN4OS. The molecule has 29 heavy (non-hydrogen) atoms. The van der Waals surface area contributed by atoms with Crippen molar-refractivity contribution in [2.75, 3.05) is 32.4 Å². The van der Waals surface area contributed by atoms with Gasteiger partial charge in [-0.2, -0.15) is 0 Å². The number of hydrogen-bond donors (Lipinski definition) is 2. The molecule has 2 N–H and O–H groups in total. The zero-order valence-corrected chi connectivity index (χ0v) is 20.8. The maximum absolute atomic E-state index is 12.9. The average Bonchev–Trinajstić information content (AvgIpc) is 2.72. The molecule has 1 amide bonds. The highest BCUT2D eigenvalue weighted by Crippen LogP contribution is 2.18. The number of aliphatic imine (C=N–C) groups is 1. The van der Waals surface area contributed by atoms with Crippen molar-refractivity contribution in [3.8, 4) is 0 Å². The number of amides is 1. The van der Waals surface area contributed by atoms with Crippen molar-refractivity contribution in [2.24, 2.45) is 10.9 Å². The summed E-state index contributed by atoms with van der Waals surface area (Å²) in [6.07, 6.45) is 3.72. The van der Waals surface area contributed by atoms with Gasteiger partial charge in [0.2, 0.25) is 5.91 Å². The molecule has 2 rings (SSSR count). The fourth-order valence-corrected chi connectivity index (χ4v) is 4.17. The molecule has 8 heteroatoms. The lowest BCUT2D eigenvalue weighted by Crippen LogP contribution is -2.50. The van der Waals surface area contributed by atoms with Crippen molar-refractivity contribution in [1.82, 2.24) is 15.5 Å². The van der Waals surface area contributed by atoms with Gasteiger partial charge in [0.25, 0.3) is 0 Å². The van der Waals surface area contributed by atoms with E-state index in [4.69, 9.17) is 0 Å². The van der Waals surface area contributed by atoms with Gasteiger partial charge >= 0.3 is 0 Å². The predicted octanol–water partition coefficient (Wildman–Crippen LogP) is 4.13. The summed E-state index contributed by atoms with van der Waals surface area (Å²) >= 11 is 1.68. The van der Waals surface area contributed by atoms with Crippen LogP contribution in [0.4, 0.5) is 4.39 Å². The van der Waals surface area contributed by atoms with Crippen LogP contribution in [-0.2, 0) is 4.79 Å². The Labute approximate surface area is 195 Å². The SMILES string of the molecule is CCC(CC)C(=O)N1CCC(NC(=NC)NCCSc2ccc(F)cc2)CC1.I. The monoisotopic (exact) mass is 536 g/mol. The third-order valence-electron chi connectivity index (χ3n) is 5.18. The van der Waals surface area contributed by atoms with E-state index in [1.54, 1.807) is 30.9 Å². The number of hydrogen-bond acceptors (Lipinski definition) is 3. The van der Waals surface area contributed by atoms with Crippen molar-refractivity contribution < 1.29 is 9.18 Å². The van der Waals surface area contributed by atoms with E-state index in [2.05, 4.69) is 29.5 Å². The van der Waals surface area contributed by atoms with Crippen LogP contribution in [0.2, 0.25) is 0 Å². The first-order valence-electron chi connectivity index (χ1n) is 10.2. The minimum Gasteiger partial charge on any atom is -0.356 e. The number of halogens is 2. The largest absolute Gasteiger partial charge is 0.356 e. The second kappa shape index (κ2) is 14.1. The summed E-state index contributed by atoms with van der Waals surface area (Å²) in [5, 5.41) is 6.80. The number of thioether (sulfide) groups is 1. The van der Waals surface area contributed by atoms with Crippen molar-refractivity contribution >= 4 is 47.6 Å². The van der Waals surface area contributed by atoms with E-state index in [0.29, 0.717) is 11.9 Å². The zero-order valence-electron chi connectivity index (χ0n) is 17.6. The second-order valence-electron chi connectivity index (χ2n) is 7.06. The Morgan fingerprint density at radius 1 is 1.24 bits per heavy atom. The molecule has 1 aliphatic heterocycles. The van der Waals surface area contributed by atoms with Crippen LogP contribution in [-0.4, -0.2) is 55.2 Å². The highest BCUT2D eigenvalue weighted by atomic mass is 127. The topological polar surface area (TPSA) is 56.7 Å². The molecule has 0 aliphatic carbocycles. The molecule has 0 radical (unpaired) electrons. The highest BCUT2D eigenvalue weighted by molar-refractivity contribution is 14.0. The minimum atomic E-state index is -0.209. The Hall–Kier alpha value is -1.03. The molecule has 1 aromatic carbocycles. The van der Waals surface area contributed by atoms with Gasteiger partial charge in [0.05, 0.1) is 0 Å². The lowest BCUT2D eigenvalue weighted by Gasteiger charge is -2.34. The molecule has 0 bridgehead atoms. The van der Waals surface area contributed by atoms with Gasteiger partial charge in [-0.3, -0.25) is 9.79 Å². The molecule has 1 saturated heterocycles. The number of benzene rings is 1. The summed E-state index contributed by atoms with van der Waals surface area (Å²) in [6, 6.07) is 6.89. The fraction of sp³-hybridized carbons (Fsp3) is 0.619. The Bertz CT molecular complexity index is 632. The molecule has 1 aromatic rings. The number of piperidine rings is 1. The summed E-state index contributed by atoms with van der Waals surface area (Å²) in [4.78, 5) is 19.9. The van der Waals surface area contributed by atoms with E-state index >= 15 is 0 Å². The van der Waals surface area contributed by atoms with E-state index < -0.39 is 0 Å². The number of rotatable bonds is 8. The first-order chi connectivity index (χ1) is 13.6. The van der Waals surface area contributed by atoms with Gasteiger partial charge in [-0.1, -0.05) is 13.8 Å². The van der Waals surface area contributed by atoms with Crippen LogP contribution in [0.5, 0.6) is 0 Å². The number of guanidine groups is 1. The van der Waals surface area contributed by atoms with Gasteiger partial charge in [0.15, 0.2) is 5.96 Å². The molecular weight excluding hydrogens is 502 g/mol. The lowest BCUT2D eigenvalue weighted by molar-refractivity contribution is -0.136. The third-order valence-corrected chi connectivity index (χ3v) is 6.20. The lowest BCUT2D eigenvalue weighted by atomic mass is 9.98. The molecule has 5 nitrogen and oxygen atoms in total. The van der Waals surface area contributed by atoms with Crippen LogP contribution in [0.1, 0.15) is 39.5 Å². The molecule has 0 unspecified atom stereocenters. The maximum atomic E-state index is 12.9. The van der Waals surface area contributed by atoms with Crippen LogP contribution < -0.4 is 10.6 Å². The average molecular weight is 536 g/mol. The quantitative estimate of drug-likeness (QED) is 0.173. The zero-order chi connectivity index (χ0) is 20.4. The molecule has 0 saturated carbocycles. The summed E-state index contributed by atoms with van der Waals surface area (Å²) in [5.41, 5.74) is 0. The molecule has 1 aliphatic rings. The summed E-state index contributed by atoms with van der Waals surface area (Å²) < 4.78 is 12.9. The Morgan fingerprint density at radius 2 is 1.86 bits per heavy atom. The van der Waals surface area contributed by atoms with E-state index in [1.165, 1.54) is 12.1 Å². The van der Waals surface area contributed by atoms with Crippen LogP contribution in [0.3, 0.4) is 0 Å². The van der Waals surface area contributed by atoms with Gasteiger partial charge < -0.3 is 15.5 Å². The van der Waals surface area contributed by atoms with Crippen LogP contribution in [0.25, 0.3) is 0 Å². The van der Waals surface area contributed by atoms with E-state index in [1.807, 2.05) is 4.90 Å². The standard InChI is InChI=1S/C21H33FN4OS.HI/c1-4-16(5-2)20(27)26-13-10-18(11-14-26)25-21(23-3)24-12-15-28-19-8-6-17(22)7-9-19;/h6-9,16,18H,4-5,10-15H2,1-3H3,(H2,23,24,25);1H. The van der Waals surface area contributed by atoms with Gasteiger partial charge in [-0.05, 0) is 49.9 Å². The number of nitrogens with one attached hydrogen (secondary N) is 2. The second-order valence-corrected chi connectivity index (χ2v) is 8.23. The molecule has 164 valence electrons. The highest BCUT2D eigenvalue weighted by Gasteiger charge is 2.26. The molecule has 0 atom stereocenters. The first kappa shape index (κ1) is 26.0. The smallest absolute Gasteiger partial charge is 0.225 e. The maximum Gasteiger partial charge on any atom is 0.225 e. The van der Waals surface area contributed by atoms with Gasteiger partial charge in [0.1, 0.15) is 5.82 Å². The predicted molar refractivity (Wildman–Crippen MR) is 131 cm³/mol. The van der Waals surface area contributed by atoms with Gasteiger partial charge in [0, 0.05) is 49.3 Å². The molecule has 1 fully saturated rings. The van der Waals surface area contributed by atoms with Crippen LogP contribution in [0, 0.1) is 11.7 Å². The molecule has 0 aromatic heterocycles. The summed E-state index contributed by atoms with van der Waals surface area (Å²) in [6.45, 7) is 6.57. The summed E-state index contributed by atoms with van der Waals surface area (Å²) in [7, 11) is 1.77. The Kier molecular flexibility index (Phi) is 12.6. The summed E-state index contributed by atoms with van der Waals surface area (Å²) in [5.74, 6) is 1.93. The molecule has 0 spiro atoms. The number of carbonyl (C=O) groups is 1. The van der Waals surface area contributed by atoms with E-state index in [0.717, 1.165) is 61.9 Å². The number of nitrogens with zero attached hydrogens (tertiary/aromatic N) is 2. The van der Waals surface area contributed by atoms with Crippen molar-refractivity contribution in [3.63, 3.8) is 0 Å². The van der Waals surface area contributed by atoms with Crippen molar-refractivity contribution in [2.45, 2.75) is 50.5 Å². The van der Waals surface area contributed by atoms with E-state index in [9.17, 15) is 9.18 Å². The first-order valence-corrected chi connectivity index (χ1v) is 11.2. The molecule has 1 heterocycles. The Morgan fingerprint density at radius 3 is 2.41 bits per heavy atom. The third kappa shape index (κ3) is 8.70. The van der Waals surface area contributed by atoms with Crippen LogP contribution in [0.15, 0.2) is 34.2 Å². The van der Waals surface area contributed by atoms with E-state index in [-0.39, 0.29) is 35.7 Å². The van der Waals surface area contributed by atoms with Gasteiger partial charge in [-0.25, -0.2) is 4.39 Å². The van der Waals surface area contributed by atoms with Crippen molar-refractivity contribution in [3.05, 3.63) is 30.1 Å². The normalized spacial score (nSPS) is 15.2. The fourth-order valence-electron chi connectivity index (χ4n) is 3.40. The number of carbonyl (C=O) groups excluding carboxylic acids is 1. The van der Waals surface area contributed by atoms with Crippen molar-refractivity contribution in [1.29, 1.82) is 0 Å². The van der Waals surface area contributed by atoms with Gasteiger partial charge in [-0.15, -0.1) is 35.7 Å². The van der Waals surface area contributed by atoms with Crippen LogP contribution >= 0.6 is 35.7 Å². The minimum absolute atomic E-state index is 0. The Balaban J connectivity index is 0.00000420.